The van der Waals surface area contributed by atoms with Gasteiger partial charge in [0.1, 0.15) is 5.82 Å². The monoisotopic (exact) mass is 370 g/mol. The number of carbonyl (C=O) groups excluding carboxylic acids is 4. The van der Waals surface area contributed by atoms with E-state index < -0.39 is 17.9 Å². The number of amides is 4. The zero-order chi connectivity index (χ0) is 19.8. The zero-order valence-corrected chi connectivity index (χ0v) is 14.7. The lowest BCUT2D eigenvalue weighted by molar-refractivity contribution is -0.114. The highest BCUT2D eigenvalue weighted by Gasteiger charge is 2.17. The van der Waals surface area contributed by atoms with E-state index in [1.54, 1.807) is 19.1 Å². The van der Waals surface area contributed by atoms with Crippen molar-refractivity contribution in [3.05, 3.63) is 53.7 Å². The van der Waals surface area contributed by atoms with E-state index in [2.05, 4.69) is 25.7 Å². The summed E-state index contributed by atoms with van der Waals surface area (Å²) in [4.78, 5) is 51.2. The largest absolute Gasteiger partial charge is 0.450 e. The molecule has 1 heterocycles. The number of benzene rings is 1. The van der Waals surface area contributed by atoms with Crippen molar-refractivity contribution in [2.75, 3.05) is 17.2 Å². The third-order valence-corrected chi connectivity index (χ3v) is 3.24. The molecule has 0 saturated carbocycles. The molecule has 9 nitrogen and oxygen atoms in total. The topological polar surface area (TPSA) is 126 Å². The Morgan fingerprint density at radius 1 is 1.04 bits per heavy atom. The number of carbonyl (C=O) groups is 4. The molecule has 2 rings (SSSR count). The third kappa shape index (κ3) is 5.63. The van der Waals surface area contributed by atoms with Gasteiger partial charge in [0.25, 0.3) is 11.8 Å². The molecule has 2 aromatic rings. The third-order valence-electron chi connectivity index (χ3n) is 3.24. The van der Waals surface area contributed by atoms with Crippen molar-refractivity contribution in [2.24, 2.45) is 0 Å². The summed E-state index contributed by atoms with van der Waals surface area (Å²) < 4.78 is 4.67. The zero-order valence-electron chi connectivity index (χ0n) is 14.7. The van der Waals surface area contributed by atoms with Gasteiger partial charge >= 0.3 is 6.09 Å². The minimum absolute atomic E-state index is 0.0926. The molecule has 4 amide bonds. The molecule has 1 aromatic carbocycles. The summed E-state index contributed by atoms with van der Waals surface area (Å²) in [6, 6.07) is 9.07. The first-order chi connectivity index (χ1) is 12.9. The normalized spacial score (nSPS) is 9.85. The second-order valence-corrected chi connectivity index (χ2v) is 5.29. The van der Waals surface area contributed by atoms with Crippen LogP contribution in [0.3, 0.4) is 0 Å². The van der Waals surface area contributed by atoms with Gasteiger partial charge in [-0.05, 0) is 31.2 Å². The van der Waals surface area contributed by atoms with Gasteiger partial charge in [-0.25, -0.2) is 9.78 Å². The Hall–Kier alpha value is -3.75. The Balaban J connectivity index is 2.18. The summed E-state index contributed by atoms with van der Waals surface area (Å²) in [5, 5.41) is 7.16. The number of rotatable bonds is 5. The van der Waals surface area contributed by atoms with E-state index >= 15 is 0 Å². The van der Waals surface area contributed by atoms with Crippen LogP contribution >= 0.6 is 0 Å². The lowest BCUT2D eigenvalue weighted by Crippen LogP contribution is -2.31. The summed E-state index contributed by atoms with van der Waals surface area (Å²) in [7, 11) is 0. The van der Waals surface area contributed by atoms with Gasteiger partial charge in [0.05, 0.1) is 17.9 Å². The van der Waals surface area contributed by atoms with Crippen LogP contribution in [0.15, 0.2) is 42.6 Å². The van der Waals surface area contributed by atoms with Crippen LogP contribution in [-0.2, 0) is 9.53 Å². The Bertz CT molecular complexity index is 882. The van der Waals surface area contributed by atoms with E-state index in [9.17, 15) is 19.2 Å². The molecule has 0 saturated heterocycles. The predicted octanol–water partition coefficient (Wildman–Crippen LogP) is 2.18. The number of alkyl carbamates (subject to hydrolysis) is 1. The van der Waals surface area contributed by atoms with Crippen LogP contribution < -0.4 is 16.0 Å². The fraction of sp³-hybridized carbons (Fsp3) is 0.167. The highest BCUT2D eigenvalue weighted by atomic mass is 16.5. The molecule has 0 atom stereocenters. The molecule has 0 aliphatic rings. The van der Waals surface area contributed by atoms with Crippen molar-refractivity contribution < 1.29 is 23.9 Å². The van der Waals surface area contributed by atoms with Crippen molar-refractivity contribution in [1.29, 1.82) is 0 Å². The summed E-state index contributed by atoms with van der Waals surface area (Å²) in [6.07, 6.45) is 0.497. The highest BCUT2D eigenvalue weighted by Crippen LogP contribution is 2.17. The van der Waals surface area contributed by atoms with Crippen LogP contribution in [0.2, 0.25) is 0 Å². The quantitative estimate of drug-likeness (QED) is 0.740. The minimum atomic E-state index is -0.877. The van der Waals surface area contributed by atoms with Crippen molar-refractivity contribution in [2.45, 2.75) is 13.8 Å². The fourth-order valence-corrected chi connectivity index (χ4v) is 2.13. The molecule has 140 valence electrons. The van der Waals surface area contributed by atoms with E-state index in [-0.39, 0.29) is 35.1 Å². The van der Waals surface area contributed by atoms with Gasteiger partial charge in [0.2, 0.25) is 5.91 Å². The predicted molar refractivity (Wildman–Crippen MR) is 97.4 cm³/mol. The maximum Gasteiger partial charge on any atom is 0.414 e. The second kappa shape index (κ2) is 9.09. The van der Waals surface area contributed by atoms with E-state index in [0.29, 0.717) is 0 Å². The number of ether oxygens (including phenoxy) is 1. The number of nitrogens with one attached hydrogen (secondary N) is 3. The summed E-state index contributed by atoms with van der Waals surface area (Å²) in [5.41, 5.74) is 0.534. The SMILES string of the molecule is CCOC(=O)NC(=O)c1ccccc1NC(=O)c1ccnc(NC(C)=O)c1. The van der Waals surface area contributed by atoms with E-state index in [4.69, 9.17) is 0 Å². The molecular weight excluding hydrogens is 352 g/mol. The van der Waals surface area contributed by atoms with Gasteiger partial charge in [0, 0.05) is 18.7 Å². The second-order valence-electron chi connectivity index (χ2n) is 5.29. The van der Waals surface area contributed by atoms with Gasteiger partial charge in [-0.2, -0.15) is 0 Å². The number of pyridine rings is 1. The number of para-hydroxylation sites is 1. The van der Waals surface area contributed by atoms with Gasteiger partial charge < -0.3 is 15.4 Å². The Morgan fingerprint density at radius 3 is 2.48 bits per heavy atom. The number of aromatic nitrogens is 1. The lowest BCUT2D eigenvalue weighted by Gasteiger charge is -2.11. The average Bonchev–Trinajstić information content (AvgIpc) is 2.62. The number of hydrogen-bond acceptors (Lipinski definition) is 6. The molecule has 1 aromatic heterocycles. The van der Waals surface area contributed by atoms with Gasteiger partial charge in [-0.15, -0.1) is 0 Å². The van der Waals surface area contributed by atoms with E-state index in [1.807, 2.05) is 0 Å². The number of imide groups is 1. The van der Waals surface area contributed by atoms with Gasteiger partial charge in [-0.1, -0.05) is 12.1 Å². The molecular formula is C18H18N4O5. The highest BCUT2D eigenvalue weighted by molar-refractivity contribution is 6.11. The van der Waals surface area contributed by atoms with Crippen molar-refractivity contribution in [1.82, 2.24) is 10.3 Å². The minimum Gasteiger partial charge on any atom is -0.450 e. The van der Waals surface area contributed by atoms with Crippen LogP contribution in [-0.4, -0.2) is 35.4 Å². The first-order valence-corrected chi connectivity index (χ1v) is 8.02. The standard InChI is InChI=1S/C18H18N4O5/c1-3-27-18(26)22-17(25)13-6-4-5-7-14(13)21-16(24)12-8-9-19-15(10-12)20-11(2)23/h4-10H,3H2,1-2H3,(H,21,24)(H,19,20,23)(H,22,25,26). The van der Waals surface area contributed by atoms with Crippen molar-refractivity contribution in [3.8, 4) is 0 Å². The molecule has 0 spiro atoms. The lowest BCUT2D eigenvalue weighted by atomic mass is 10.1. The van der Waals surface area contributed by atoms with Crippen LogP contribution in [0, 0.1) is 0 Å². The Kier molecular flexibility index (Phi) is 6.59. The first-order valence-electron chi connectivity index (χ1n) is 8.02. The fourth-order valence-electron chi connectivity index (χ4n) is 2.13. The molecule has 27 heavy (non-hydrogen) atoms. The molecule has 9 heteroatoms. The molecule has 0 aliphatic heterocycles. The summed E-state index contributed by atoms with van der Waals surface area (Å²) in [5.74, 6) is -1.32. The van der Waals surface area contributed by atoms with Gasteiger partial charge in [0.15, 0.2) is 0 Å². The average molecular weight is 370 g/mol. The van der Waals surface area contributed by atoms with Crippen LogP contribution in [0.4, 0.5) is 16.3 Å². The maximum atomic E-state index is 12.5. The van der Waals surface area contributed by atoms with Crippen molar-refractivity contribution in [3.63, 3.8) is 0 Å². The summed E-state index contributed by atoms with van der Waals surface area (Å²) >= 11 is 0. The number of nitrogens with zero attached hydrogens (tertiary/aromatic N) is 1. The smallest absolute Gasteiger partial charge is 0.414 e. The molecule has 3 N–H and O–H groups in total. The van der Waals surface area contributed by atoms with E-state index in [0.717, 1.165) is 0 Å². The van der Waals surface area contributed by atoms with Crippen LogP contribution in [0.1, 0.15) is 34.6 Å². The molecule has 0 bridgehead atoms. The van der Waals surface area contributed by atoms with Crippen LogP contribution in [0.25, 0.3) is 0 Å². The van der Waals surface area contributed by atoms with Crippen LogP contribution in [0.5, 0.6) is 0 Å². The Morgan fingerprint density at radius 2 is 1.78 bits per heavy atom. The maximum absolute atomic E-state index is 12.5. The molecule has 0 fully saturated rings. The van der Waals surface area contributed by atoms with Crippen molar-refractivity contribution >= 4 is 35.3 Å². The van der Waals surface area contributed by atoms with Gasteiger partial charge in [-0.3, -0.25) is 19.7 Å². The van der Waals surface area contributed by atoms with E-state index in [1.165, 1.54) is 37.4 Å². The summed E-state index contributed by atoms with van der Waals surface area (Å²) in [6.45, 7) is 3.06. The Labute approximate surface area is 155 Å². The first kappa shape index (κ1) is 19.6. The number of hydrogen-bond donors (Lipinski definition) is 3. The number of anilines is 2. The molecule has 0 aliphatic carbocycles. The molecule has 0 unspecified atom stereocenters. The molecule has 0 radical (unpaired) electrons.